The van der Waals surface area contributed by atoms with E-state index < -0.39 is 11.6 Å². The van der Waals surface area contributed by atoms with Gasteiger partial charge in [0.2, 0.25) is 0 Å². The first-order valence-corrected chi connectivity index (χ1v) is 5.48. The fourth-order valence-electron chi connectivity index (χ4n) is 1.84. The second-order valence-electron chi connectivity index (χ2n) is 4.66. The number of ether oxygens (including phenoxy) is 1. The Morgan fingerprint density at radius 3 is 2.53 bits per heavy atom. The predicted molar refractivity (Wildman–Crippen MR) is 62.3 cm³/mol. The van der Waals surface area contributed by atoms with Gasteiger partial charge in [-0.1, -0.05) is 0 Å². The van der Waals surface area contributed by atoms with Gasteiger partial charge in [-0.3, -0.25) is 0 Å². The summed E-state index contributed by atoms with van der Waals surface area (Å²) in [6, 6.07) is 2.19. The van der Waals surface area contributed by atoms with E-state index in [9.17, 15) is 8.78 Å². The van der Waals surface area contributed by atoms with Gasteiger partial charge in [0, 0.05) is 31.3 Å². The van der Waals surface area contributed by atoms with Gasteiger partial charge in [0.1, 0.15) is 5.82 Å². The van der Waals surface area contributed by atoms with E-state index in [1.807, 2.05) is 0 Å². The Bertz CT molecular complexity index is 433. The number of likely N-dealkylation sites (N-methyl/N-ethyl adjacent to an activating group) is 1. The lowest BCUT2D eigenvalue weighted by molar-refractivity contribution is 0.383. The van der Waals surface area contributed by atoms with Crippen molar-refractivity contribution in [2.75, 3.05) is 25.6 Å². The highest BCUT2D eigenvalue weighted by molar-refractivity contribution is 5.51. The van der Waals surface area contributed by atoms with Gasteiger partial charge in [-0.25, -0.2) is 8.78 Å². The predicted octanol–water partition coefficient (Wildman–Crippen LogP) is 1.90. The average molecular weight is 242 g/mol. The Morgan fingerprint density at radius 2 is 2.00 bits per heavy atom. The summed E-state index contributed by atoms with van der Waals surface area (Å²) in [5, 5.41) is 0. The number of anilines is 1. The summed E-state index contributed by atoms with van der Waals surface area (Å²) in [4.78, 5) is 1.64. The molecule has 0 unspecified atom stereocenters. The molecule has 0 spiro atoms. The lowest BCUT2D eigenvalue weighted by Crippen LogP contribution is -2.37. The summed E-state index contributed by atoms with van der Waals surface area (Å²) in [5.41, 5.74) is 5.92. The summed E-state index contributed by atoms with van der Waals surface area (Å²) < 4.78 is 31.9. The van der Waals surface area contributed by atoms with E-state index in [1.54, 1.807) is 11.9 Å². The molecular weight excluding hydrogens is 226 g/mol. The van der Waals surface area contributed by atoms with Gasteiger partial charge in [-0.2, -0.15) is 0 Å². The number of nitrogens with zero attached hydrogens (tertiary/aromatic N) is 1. The standard InChI is InChI=1S/C12H16F2N2O/c1-16(7-12(15)3-4-12)10-5-9(14)11(17-2)6-8(10)13/h5-6H,3-4,7,15H2,1-2H3. The maximum Gasteiger partial charge on any atom is 0.167 e. The van der Waals surface area contributed by atoms with E-state index in [-0.39, 0.29) is 17.0 Å². The molecule has 0 heterocycles. The van der Waals surface area contributed by atoms with Crippen LogP contribution in [-0.2, 0) is 0 Å². The molecule has 1 fully saturated rings. The lowest BCUT2D eigenvalue weighted by atomic mass is 10.2. The van der Waals surface area contributed by atoms with Crippen LogP contribution in [0.15, 0.2) is 12.1 Å². The molecule has 0 aliphatic heterocycles. The van der Waals surface area contributed by atoms with Crippen LogP contribution in [-0.4, -0.2) is 26.2 Å². The van der Waals surface area contributed by atoms with Crippen molar-refractivity contribution in [1.29, 1.82) is 0 Å². The Kier molecular flexibility index (Phi) is 2.95. The lowest BCUT2D eigenvalue weighted by Gasteiger charge is -2.23. The quantitative estimate of drug-likeness (QED) is 0.876. The molecule has 1 saturated carbocycles. The molecule has 94 valence electrons. The van der Waals surface area contributed by atoms with Crippen LogP contribution >= 0.6 is 0 Å². The van der Waals surface area contributed by atoms with Gasteiger partial charge in [-0.05, 0) is 12.8 Å². The van der Waals surface area contributed by atoms with Crippen LogP contribution in [0.1, 0.15) is 12.8 Å². The Balaban J connectivity index is 2.22. The van der Waals surface area contributed by atoms with E-state index in [0.29, 0.717) is 6.54 Å². The van der Waals surface area contributed by atoms with Crippen molar-refractivity contribution >= 4 is 5.69 Å². The van der Waals surface area contributed by atoms with Crippen LogP contribution in [0.4, 0.5) is 14.5 Å². The van der Waals surface area contributed by atoms with Gasteiger partial charge in [0.25, 0.3) is 0 Å². The third-order valence-electron chi connectivity index (χ3n) is 3.08. The van der Waals surface area contributed by atoms with Crippen molar-refractivity contribution in [2.45, 2.75) is 18.4 Å². The molecule has 3 nitrogen and oxygen atoms in total. The molecule has 1 aromatic carbocycles. The molecule has 0 amide bonds. The molecule has 2 rings (SSSR count). The van der Waals surface area contributed by atoms with E-state index in [1.165, 1.54) is 7.11 Å². The van der Waals surface area contributed by atoms with Crippen molar-refractivity contribution in [3.63, 3.8) is 0 Å². The maximum atomic E-state index is 13.7. The van der Waals surface area contributed by atoms with E-state index in [4.69, 9.17) is 10.5 Å². The summed E-state index contributed by atoms with van der Waals surface area (Å²) in [7, 11) is 3.01. The van der Waals surface area contributed by atoms with E-state index >= 15 is 0 Å². The van der Waals surface area contributed by atoms with Gasteiger partial charge < -0.3 is 15.4 Å². The number of rotatable bonds is 4. The molecule has 0 radical (unpaired) electrons. The highest BCUT2D eigenvalue weighted by Crippen LogP contribution is 2.35. The summed E-state index contributed by atoms with van der Waals surface area (Å²) in [6.45, 7) is 0.524. The molecule has 17 heavy (non-hydrogen) atoms. The maximum absolute atomic E-state index is 13.7. The van der Waals surface area contributed by atoms with Gasteiger partial charge in [0.15, 0.2) is 11.6 Å². The zero-order chi connectivity index (χ0) is 12.6. The number of hydrogen-bond acceptors (Lipinski definition) is 3. The smallest absolute Gasteiger partial charge is 0.167 e. The molecule has 0 saturated heterocycles. The molecule has 0 atom stereocenters. The minimum absolute atomic E-state index is 0.0893. The van der Waals surface area contributed by atoms with Crippen molar-refractivity contribution in [3.8, 4) is 5.75 Å². The second kappa shape index (κ2) is 4.14. The highest BCUT2D eigenvalue weighted by Gasteiger charge is 2.39. The zero-order valence-corrected chi connectivity index (χ0v) is 9.96. The first-order chi connectivity index (χ1) is 7.95. The second-order valence-corrected chi connectivity index (χ2v) is 4.66. The van der Waals surface area contributed by atoms with Crippen molar-refractivity contribution in [1.82, 2.24) is 0 Å². The minimum Gasteiger partial charge on any atom is -0.494 e. The first kappa shape index (κ1) is 12.1. The third-order valence-corrected chi connectivity index (χ3v) is 3.08. The number of halogens is 2. The summed E-state index contributed by atoms with van der Waals surface area (Å²) in [5.74, 6) is -1.17. The van der Waals surface area contributed by atoms with Crippen LogP contribution in [0, 0.1) is 11.6 Å². The molecule has 1 aromatic rings. The zero-order valence-electron chi connectivity index (χ0n) is 9.96. The van der Waals surface area contributed by atoms with E-state index in [2.05, 4.69) is 0 Å². The van der Waals surface area contributed by atoms with Gasteiger partial charge in [0.05, 0.1) is 12.8 Å². The van der Waals surface area contributed by atoms with Crippen molar-refractivity contribution < 1.29 is 13.5 Å². The van der Waals surface area contributed by atoms with Crippen LogP contribution in [0.2, 0.25) is 0 Å². The SMILES string of the molecule is COc1cc(F)c(N(C)CC2(N)CC2)cc1F. The van der Waals surface area contributed by atoms with Crippen LogP contribution in [0.5, 0.6) is 5.75 Å². The summed E-state index contributed by atoms with van der Waals surface area (Å²) >= 11 is 0. The number of benzene rings is 1. The van der Waals surface area contributed by atoms with Crippen LogP contribution < -0.4 is 15.4 Å². The molecule has 2 N–H and O–H groups in total. The van der Waals surface area contributed by atoms with Crippen LogP contribution in [0.25, 0.3) is 0 Å². The fourth-order valence-corrected chi connectivity index (χ4v) is 1.84. The first-order valence-electron chi connectivity index (χ1n) is 5.48. The molecule has 1 aliphatic carbocycles. The normalized spacial score (nSPS) is 16.8. The number of hydrogen-bond donors (Lipinski definition) is 1. The molecule has 1 aliphatic rings. The Morgan fingerprint density at radius 1 is 1.35 bits per heavy atom. The number of methoxy groups -OCH3 is 1. The molecule has 0 aromatic heterocycles. The molecular formula is C12H16F2N2O. The van der Waals surface area contributed by atoms with Crippen molar-refractivity contribution in [2.24, 2.45) is 5.73 Å². The number of nitrogens with two attached hydrogens (primary N) is 1. The third kappa shape index (κ3) is 2.49. The van der Waals surface area contributed by atoms with Crippen LogP contribution in [0.3, 0.4) is 0 Å². The average Bonchev–Trinajstić information content (AvgIpc) is 2.98. The summed E-state index contributed by atoms with van der Waals surface area (Å²) in [6.07, 6.45) is 1.86. The fraction of sp³-hybridized carbons (Fsp3) is 0.500. The Hall–Kier alpha value is -1.36. The van der Waals surface area contributed by atoms with Gasteiger partial charge in [-0.15, -0.1) is 0 Å². The van der Waals surface area contributed by atoms with Gasteiger partial charge >= 0.3 is 0 Å². The highest BCUT2D eigenvalue weighted by atomic mass is 19.1. The molecule has 5 heteroatoms. The topological polar surface area (TPSA) is 38.5 Å². The van der Waals surface area contributed by atoms with E-state index in [0.717, 1.165) is 25.0 Å². The monoisotopic (exact) mass is 242 g/mol. The largest absolute Gasteiger partial charge is 0.494 e. The molecule has 0 bridgehead atoms. The van der Waals surface area contributed by atoms with Crippen molar-refractivity contribution in [3.05, 3.63) is 23.8 Å². The Labute approximate surface area is 99.2 Å². The minimum atomic E-state index is -0.572.